The molecule has 1 aromatic rings. The first-order valence-corrected chi connectivity index (χ1v) is 4.72. The molecule has 0 unspecified atom stereocenters. The van der Waals surface area contributed by atoms with E-state index in [4.69, 9.17) is 9.94 Å². The summed E-state index contributed by atoms with van der Waals surface area (Å²) in [6.45, 7) is 0. The Hall–Kier alpha value is -1.07. The molecule has 0 fully saturated rings. The second-order valence-electron chi connectivity index (χ2n) is 2.67. The summed E-state index contributed by atoms with van der Waals surface area (Å²) in [5.41, 5.74) is 2.37. The van der Waals surface area contributed by atoms with Gasteiger partial charge in [-0.05, 0) is 17.7 Å². The van der Waals surface area contributed by atoms with Gasteiger partial charge in [0, 0.05) is 4.47 Å². The van der Waals surface area contributed by atoms with E-state index in [2.05, 4.69) is 15.9 Å². The molecule has 4 nitrogen and oxygen atoms in total. The average molecular weight is 260 g/mol. The SMILES string of the molecule is COc1ccc(CC(=O)NO)c(Br)c1. The van der Waals surface area contributed by atoms with E-state index in [0.29, 0.717) is 5.75 Å². The monoisotopic (exact) mass is 259 g/mol. The van der Waals surface area contributed by atoms with Gasteiger partial charge in [-0.2, -0.15) is 0 Å². The van der Waals surface area contributed by atoms with Crippen molar-refractivity contribution < 1.29 is 14.7 Å². The zero-order valence-corrected chi connectivity index (χ0v) is 9.17. The molecular weight excluding hydrogens is 250 g/mol. The zero-order valence-electron chi connectivity index (χ0n) is 7.58. The van der Waals surface area contributed by atoms with E-state index in [1.807, 2.05) is 0 Å². The van der Waals surface area contributed by atoms with Crippen LogP contribution in [0.1, 0.15) is 5.56 Å². The summed E-state index contributed by atoms with van der Waals surface area (Å²) in [6, 6.07) is 5.28. The third-order valence-electron chi connectivity index (χ3n) is 1.74. The highest BCUT2D eigenvalue weighted by Gasteiger charge is 2.06. The number of nitrogens with one attached hydrogen (secondary N) is 1. The molecule has 0 spiro atoms. The molecule has 0 saturated heterocycles. The Labute approximate surface area is 90.0 Å². The molecule has 5 heteroatoms. The van der Waals surface area contributed by atoms with Gasteiger partial charge in [0.25, 0.3) is 0 Å². The molecule has 0 aliphatic carbocycles. The normalized spacial score (nSPS) is 9.64. The van der Waals surface area contributed by atoms with Gasteiger partial charge in [0.15, 0.2) is 0 Å². The molecule has 76 valence electrons. The molecule has 1 amide bonds. The van der Waals surface area contributed by atoms with E-state index >= 15 is 0 Å². The Kier molecular flexibility index (Phi) is 3.91. The van der Waals surface area contributed by atoms with Crippen LogP contribution in [0, 0.1) is 0 Å². The number of hydrogen-bond donors (Lipinski definition) is 2. The molecule has 14 heavy (non-hydrogen) atoms. The van der Waals surface area contributed by atoms with Gasteiger partial charge in [-0.1, -0.05) is 22.0 Å². The summed E-state index contributed by atoms with van der Waals surface area (Å²) in [5.74, 6) is 0.265. The van der Waals surface area contributed by atoms with Gasteiger partial charge in [0.2, 0.25) is 5.91 Å². The van der Waals surface area contributed by atoms with Crippen molar-refractivity contribution in [1.82, 2.24) is 5.48 Å². The van der Waals surface area contributed by atoms with Gasteiger partial charge in [0.1, 0.15) is 5.75 Å². The van der Waals surface area contributed by atoms with Gasteiger partial charge in [-0.3, -0.25) is 10.0 Å². The Morgan fingerprint density at radius 2 is 2.36 bits per heavy atom. The van der Waals surface area contributed by atoms with Gasteiger partial charge < -0.3 is 4.74 Å². The highest BCUT2D eigenvalue weighted by molar-refractivity contribution is 9.10. The van der Waals surface area contributed by atoms with Gasteiger partial charge in [-0.15, -0.1) is 0 Å². The first-order valence-electron chi connectivity index (χ1n) is 3.92. The quantitative estimate of drug-likeness (QED) is 0.639. The Morgan fingerprint density at radius 3 is 2.86 bits per heavy atom. The van der Waals surface area contributed by atoms with Crippen molar-refractivity contribution in [3.05, 3.63) is 28.2 Å². The molecular formula is C9H10BrNO3. The number of rotatable bonds is 3. The van der Waals surface area contributed by atoms with E-state index in [9.17, 15) is 4.79 Å². The maximum atomic E-state index is 10.9. The van der Waals surface area contributed by atoms with Gasteiger partial charge in [-0.25, -0.2) is 5.48 Å². The predicted molar refractivity (Wildman–Crippen MR) is 54.3 cm³/mol. The summed E-state index contributed by atoms with van der Waals surface area (Å²) < 4.78 is 5.78. The smallest absolute Gasteiger partial charge is 0.247 e. The molecule has 0 aromatic heterocycles. The van der Waals surface area contributed by atoms with E-state index in [-0.39, 0.29) is 6.42 Å². The van der Waals surface area contributed by atoms with E-state index < -0.39 is 5.91 Å². The second-order valence-corrected chi connectivity index (χ2v) is 3.52. The lowest BCUT2D eigenvalue weighted by Gasteiger charge is -2.05. The van der Waals surface area contributed by atoms with Crippen LogP contribution < -0.4 is 10.2 Å². The van der Waals surface area contributed by atoms with Crippen LogP contribution in [0.25, 0.3) is 0 Å². The number of carbonyl (C=O) groups is 1. The molecule has 1 rings (SSSR count). The summed E-state index contributed by atoms with van der Waals surface area (Å²) in [7, 11) is 1.57. The van der Waals surface area contributed by atoms with Crippen molar-refractivity contribution in [3.63, 3.8) is 0 Å². The van der Waals surface area contributed by atoms with Crippen LogP contribution in [-0.2, 0) is 11.2 Å². The van der Waals surface area contributed by atoms with Crippen LogP contribution in [0.4, 0.5) is 0 Å². The van der Waals surface area contributed by atoms with E-state index in [1.54, 1.807) is 30.8 Å². The fraction of sp³-hybridized carbons (Fsp3) is 0.222. The Morgan fingerprint density at radius 1 is 1.64 bits per heavy atom. The number of methoxy groups -OCH3 is 1. The van der Waals surface area contributed by atoms with Crippen molar-refractivity contribution in [2.45, 2.75) is 6.42 Å². The minimum atomic E-state index is -0.448. The third-order valence-corrected chi connectivity index (χ3v) is 2.47. The highest BCUT2D eigenvalue weighted by Crippen LogP contribution is 2.23. The minimum Gasteiger partial charge on any atom is -0.497 e. The van der Waals surface area contributed by atoms with Crippen LogP contribution in [-0.4, -0.2) is 18.2 Å². The van der Waals surface area contributed by atoms with Crippen molar-refractivity contribution >= 4 is 21.8 Å². The van der Waals surface area contributed by atoms with Gasteiger partial charge in [0.05, 0.1) is 13.5 Å². The molecule has 0 bridgehead atoms. The number of carbonyl (C=O) groups excluding carboxylic acids is 1. The Balaban J connectivity index is 2.83. The fourth-order valence-electron chi connectivity index (χ4n) is 1.01. The number of hydroxylamine groups is 1. The number of benzene rings is 1. The fourth-order valence-corrected chi connectivity index (χ4v) is 1.51. The van der Waals surface area contributed by atoms with E-state index in [0.717, 1.165) is 10.0 Å². The van der Waals surface area contributed by atoms with Crippen LogP contribution in [0.5, 0.6) is 5.75 Å². The van der Waals surface area contributed by atoms with Gasteiger partial charge >= 0.3 is 0 Å². The molecule has 0 aliphatic rings. The standard InChI is InChI=1S/C9H10BrNO3/c1-14-7-3-2-6(8(10)5-7)4-9(12)11-13/h2-3,5,13H,4H2,1H3,(H,11,12). The first-order chi connectivity index (χ1) is 6.67. The van der Waals surface area contributed by atoms with Crippen molar-refractivity contribution in [2.24, 2.45) is 0 Å². The maximum Gasteiger partial charge on any atom is 0.247 e. The highest BCUT2D eigenvalue weighted by atomic mass is 79.9. The largest absolute Gasteiger partial charge is 0.497 e. The second kappa shape index (κ2) is 4.97. The van der Waals surface area contributed by atoms with Crippen molar-refractivity contribution in [2.75, 3.05) is 7.11 Å². The van der Waals surface area contributed by atoms with Crippen molar-refractivity contribution in [1.29, 1.82) is 0 Å². The topological polar surface area (TPSA) is 58.6 Å². The molecule has 0 radical (unpaired) electrons. The van der Waals surface area contributed by atoms with Crippen LogP contribution in [0.3, 0.4) is 0 Å². The number of halogens is 1. The molecule has 1 aromatic carbocycles. The Bertz CT molecular complexity index is 341. The summed E-state index contributed by atoms with van der Waals surface area (Å²) >= 11 is 3.30. The summed E-state index contributed by atoms with van der Waals surface area (Å²) in [5, 5.41) is 8.35. The summed E-state index contributed by atoms with van der Waals surface area (Å²) in [6.07, 6.45) is 0.126. The summed E-state index contributed by atoms with van der Waals surface area (Å²) in [4.78, 5) is 10.9. The van der Waals surface area contributed by atoms with Crippen LogP contribution in [0.2, 0.25) is 0 Å². The molecule has 2 N–H and O–H groups in total. The molecule has 0 heterocycles. The van der Waals surface area contributed by atoms with Crippen molar-refractivity contribution in [3.8, 4) is 5.75 Å². The average Bonchev–Trinajstić information content (AvgIpc) is 2.20. The molecule has 0 saturated carbocycles. The number of hydrogen-bond acceptors (Lipinski definition) is 3. The molecule has 0 aliphatic heterocycles. The predicted octanol–water partition coefficient (Wildman–Crippen LogP) is 1.51. The number of ether oxygens (including phenoxy) is 1. The zero-order chi connectivity index (χ0) is 10.6. The van der Waals surface area contributed by atoms with Crippen LogP contribution in [0.15, 0.2) is 22.7 Å². The van der Waals surface area contributed by atoms with Crippen LogP contribution >= 0.6 is 15.9 Å². The third kappa shape index (κ3) is 2.71. The maximum absolute atomic E-state index is 10.9. The lowest BCUT2D eigenvalue weighted by molar-refractivity contribution is -0.128. The molecule has 0 atom stereocenters. The lowest BCUT2D eigenvalue weighted by atomic mass is 10.1. The number of amides is 1. The van der Waals surface area contributed by atoms with E-state index in [1.165, 1.54) is 0 Å². The lowest BCUT2D eigenvalue weighted by Crippen LogP contribution is -2.20. The first kappa shape index (κ1) is 11.0. The minimum absolute atomic E-state index is 0.126.